The first kappa shape index (κ1) is 14.1. The van der Waals surface area contributed by atoms with Gasteiger partial charge < -0.3 is 0 Å². The van der Waals surface area contributed by atoms with Gasteiger partial charge in [0, 0.05) is 12.8 Å². The molecule has 1 atom stereocenters. The second kappa shape index (κ2) is 6.26. The van der Waals surface area contributed by atoms with Crippen LogP contribution in [-0.2, 0) is 17.6 Å². The van der Waals surface area contributed by atoms with E-state index in [1.807, 2.05) is 6.07 Å². The lowest BCUT2D eigenvalue weighted by molar-refractivity contribution is -0.118. The molecule has 0 heterocycles. The van der Waals surface area contributed by atoms with E-state index in [2.05, 4.69) is 49.4 Å². The van der Waals surface area contributed by atoms with Crippen molar-refractivity contribution in [3.05, 3.63) is 70.8 Å². The summed E-state index contributed by atoms with van der Waals surface area (Å²) in [4.78, 5) is 12.4. The van der Waals surface area contributed by atoms with Crippen LogP contribution in [0.4, 0.5) is 0 Å². The predicted molar refractivity (Wildman–Crippen MR) is 86.6 cm³/mol. The minimum atomic E-state index is 0.363. The fourth-order valence-corrected chi connectivity index (χ4v) is 3.46. The summed E-state index contributed by atoms with van der Waals surface area (Å²) >= 11 is 0. The third-order valence-electron chi connectivity index (χ3n) is 4.45. The van der Waals surface area contributed by atoms with Gasteiger partial charge in [0.1, 0.15) is 5.78 Å². The summed E-state index contributed by atoms with van der Waals surface area (Å²) in [5, 5.41) is 0. The molecule has 1 aliphatic carbocycles. The molecule has 2 aromatic carbocycles. The number of hydrogen-bond acceptors (Lipinski definition) is 1. The summed E-state index contributed by atoms with van der Waals surface area (Å²) in [6, 6.07) is 16.9. The van der Waals surface area contributed by atoms with Crippen LogP contribution in [0.5, 0.6) is 0 Å². The second-order valence-corrected chi connectivity index (χ2v) is 6.20. The molecule has 0 spiro atoms. The molecule has 0 saturated carbocycles. The van der Waals surface area contributed by atoms with E-state index in [1.165, 1.54) is 29.5 Å². The zero-order valence-electron chi connectivity index (χ0n) is 12.6. The quantitative estimate of drug-likeness (QED) is 0.797. The highest BCUT2D eigenvalue weighted by Crippen LogP contribution is 2.34. The molecule has 0 amide bonds. The van der Waals surface area contributed by atoms with Crippen molar-refractivity contribution < 1.29 is 4.79 Å². The number of hydrogen-bond donors (Lipinski definition) is 0. The number of ketones is 1. The molecule has 0 radical (unpaired) electrons. The number of carbonyl (C=O) groups excluding carboxylic acids is 1. The Balaban J connectivity index is 1.68. The Kier molecular flexibility index (Phi) is 4.19. The van der Waals surface area contributed by atoms with Gasteiger partial charge in [0.25, 0.3) is 0 Å². The van der Waals surface area contributed by atoms with E-state index in [0.29, 0.717) is 24.5 Å². The van der Waals surface area contributed by atoms with Gasteiger partial charge >= 0.3 is 0 Å². The van der Waals surface area contributed by atoms with E-state index in [9.17, 15) is 4.79 Å². The van der Waals surface area contributed by atoms with Gasteiger partial charge in [-0.2, -0.15) is 0 Å². The lowest BCUT2D eigenvalue weighted by atomic mass is 9.80. The van der Waals surface area contributed by atoms with Gasteiger partial charge in [-0.15, -0.1) is 0 Å². The van der Waals surface area contributed by atoms with Crippen molar-refractivity contribution in [2.75, 3.05) is 0 Å². The number of benzene rings is 2. The van der Waals surface area contributed by atoms with Crippen LogP contribution >= 0.6 is 0 Å². The molecule has 0 aromatic heterocycles. The standard InChI is InChI=1S/C20H22O/c1-15-6-4-7-16(12-15)13-19(21)14-18-10-5-9-17-8-2-3-11-20(17)18/h2-4,6-8,11-12,18H,5,9-10,13-14H2,1H3. The van der Waals surface area contributed by atoms with Crippen molar-refractivity contribution in [1.82, 2.24) is 0 Å². The molecule has 0 aliphatic heterocycles. The smallest absolute Gasteiger partial charge is 0.137 e. The third-order valence-corrected chi connectivity index (χ3v) is 4.45. The summed E-state index contributed by atoms with van der Waals surface area (Å²) in [6.07, 6.45) is 4.78. The van der Waals surface area contributed by atoms with Gasteiger partial charge in [-0.05, 0) is 48.8 Å². The van der Waals surface area contributed by atoms with E-state index < -0.39 is 0 Å². The highest BCUT2D eigenvalue weighted by Gasteiger charge is 2.22. The van der Waals surface area contributed by atoms with Gasteiger partial charge in [-0.1, -0.05) is 54.1 Å². The second-order valence-electron chi connectivity index (χ2n) is 6.20. The van der Waals surface area contributed by atoms with E-state index in [0.717, 1.165) is 12.0 Å². The van der Waals surface area contributed by atoms with Crippen LogP contribution in [-0.4, -0.2) is 5.78 Å². The highest BCUT2D eigenvalue weighted by atomic mass is 16.1. The van der Waals surface area contributed by atoms with Crippen molar-refractivity contribution >= 4 is 5.78 Å². The number of fused-ring (bicyclic) bond motifs is 1. The Bertz CT molecular complexity index is 642. The molecule has 1 heteroatoms. The maximum absolute atomic E-state index is 12.4. The largest absolute Gasteiger partial charge is 0.299 e. The van der Waals surface area contributed by atoms with Crippen molar-refractivity contribution in [3.63, 3.8) is 0 Å². The van der Waals surface area contributed by atoms with Gasteiger partial charge in [0.15, 0.2) is 0 Å². The number of carbonyl (C=O) groups is 1. The van der Waals surface area contributed by atoms with Crippen LogP contribution in [0.15, 0.2) is 48.5 Å². The Labute approximate surface area is 127 Å². The molecule has 1 unspecified atom stereocenters. The number of rotatable bonds is 4. The van der Waals surface area contributed by atoms with Crippen molar-refractivity contribution in [1.29, 1.82) is 0 Å². The highest BCUT2D eigenvalue weighted by molar-refractivity contribution is 5.81. The zero-order chi connectivity index (χ0) is 14.7. The normalized spacial score (nSPS) is 17.3. The predicted octanol–water partition coefficient (Wildman–Crippen LogP) is 4.62. The topological polar surface area (TPSA) is 17.1 Å². The van der Waals surface area contributed by atoms with Crippen LogP contribution in [0.2, 0.25) is 0 Å². The first-order chi connectivity index (χ1) is 10.2. The molecule has 21 heavy (non-hydrogen) atoms. The minimum Gasteiger partial charge on any atom is -0.299 e. The number of Topliss-reactive ketones (excluding diaryl/α,β-unsaturated/α-hetero) is 1. The first-order valence-electron chi connectivity index (χ1n) is 7.87. The zero-order valence-corrected chi connectivity index (χ0v) is 12.6. The van der Waals surface area contributed by atoms with Gasteiger partial charge in [-0.3, -0.25) is 4.79 Å². The molecule has 108 valence electrons. The lowest BCUT2D eigenvalue weighted by Gasteiger charge is -2.25. The summed E-state index contributed by atoms with van der Waals surface area (Å²) in [7, 11) is 0. The van der Waals surface area contributed by atoms with E-state index >= 15 is 0 Å². The molecule has 1 aliphatic rings. The van der Waals surface area contributed by atoms with Crippen molar-refractivity contribution in [3.8, 4) is 0 Å². The summed E-state index contributed by atoms with van der Waals surface area (Å²) in [5.41, 5.74) is 5.21. The Morgan fingerprint density at radius 3 is 2.86 bits per heavy atom. The van der Waals surface area contributed by atoms with Crippen molar-refractivity contribution in [2.24, 2.45) is 0 Å². The first-order valence-corrected chi connectivity index (χ1v) is 7.87. The van der Waals surface area contributed by atoms with Crippen LogP contribution in [0.3, 0.4) is 0 Å². The fraction of sp³-hybridized carbons (Fsp3) is 0.350. The average Bonchev–Trinajstić information content (AvgIpc) is 2.47. The summed E-state index contributed by atoms with van der Waals surface area (Å²) in [6.45, 7) is 2.07. The lowest BCUT2D eigenvalue weighted by Crippen LogP contribution is -2.15. The van der Waals surface area contributed by atoms with Crippen LogP contribution in [0, 0.1) is 6.92 Å². The van der Waals surface area contributed by atoms with Crippen molar-refractivity contribution in [2.45, 2.75) is 44.9 Å². The van der Waals surface area contributed by atoms with E-state index in [-0.39, 0.29) is 0 Å². The molecule has 0 bridgehead atoms. The molecule has 0 saturated heterocycles. The summed E-state index contributed by atoms with van der Waals surface area (Å²) < 4.78 is 0. The van der Waals surface area contributed by atoms with Gasteiger partial charge in [0.2, 0.25) is 0 Å². The van der Waals surface area contributed by atoms with Crippen LogP contribution in [0.1, 0.15) is 47.4 Å². The fourth-order valence-electron chi connectivity index (χ4n) is 3.46. The molecular weight excluding hydrogens is 256 g/mol. The molecule has 0 N–H and O–H groups in total. The number of aryl methyl sites for hydroxylation is 2. The summed E-state index contributed by atoms with van der Waals surface area (Å²) in [5.74, 6) is 0.787. The maximum atomic E-state index is 12.4. The van der Waals surface area contributed by atoms with E-state index in [4.69, 9.17) is 0 Å². The average molecular weight is 278 g/mol. The Hall–Kier alpha value is -1.89. The molecule has 2 aromatic rings. The molecular formula is C20H22O. The van der Waals surface area contributed by atoms with Crippen LogP contribution in [0.25, 0.3) is 0 Å². The van der Waals surface area contributed by atoms with E-state index in [1.54, 1.807) is 0 Å². The molecule has 1 nitrogen and oxygen atoms in total. The maximum Gasteiger partial charge on any atom is 0.137 e. The Morgan fingerprint density at radius 2 is 2.00 bits per heavy atom. The third kappa shape index (κ3) is 3.41. The Morgan fingerprint density at radius 1 is 1.14 bits per heavy atom. The molecule has 0 fully saturated rings. The SMILES string of the molecule is Cc1cccc(CC(=O)CC2CCCc3ccccc32)c1. The van der Waals surface area contributed by atoms with Gasteiger partial charge in [-0.25, -0.2) is 0 Å². The van der Waals surface area contributed by atoms with Crippen LogP contribution < -0.4 is 0 Å². The van der Waals surface area contributed by atoms with Gasteiger partial charge in [0.05, 0.1) is 0 Å². The monoisotopic (exact) mass is 278 g/mol. The molecule has 3 rings (SSSR count). The minimum absolute atomic E-state index is 0.363.